The molecule has 0 radical (unpaired) electrons. The molecule has 8 nitrogen and oxygen atoms in total. The van der Waals surface area contributed by atoms with Crippen LogP contribution >= 0.6 is 0 Å². The van der Waals surface area contributed by atoms with E-state index in [0.717, 1.165) is 37.2 Å². The first-order valence-corrected chi connectivity index (χ1v) is 8.71. The minimum atomic E-state index is -0.106. The highest BCUT2D eigenvalue weighted by molar-refractivity contribution is 5.96. The maximum atomic E-state index is 12.7. The summed E-state index contributed by atoms with van der Waals surface area (Å²) in [6.07, 6.45) is 3.31. The van der Waals surface area contributed by atoms with Crippen LogP contribution in [0.15, 0.2) is 18.5 Å². The van der Waals surface area contributed by atoms with Gasteiger partial charge in [-0.15, -0.1) is 0 Å². The van der Waals surface area contributed by atoms with Gasteiger partial charge in [0.2, 0.25) is 0 Å². The Bertz CT molecular complexity index is 768. The van der Waals surface area contributed by atoms with Gasteiger partial charge in [-0.25, -0.2) is 0 Å². The van der Waals surface area contributed by atoms with E-state index in [9.17, 15) is 4.79 Å². The van der Waals surface area contributed by atoms with E-state index in [-0.39, 0.29) is 18.0 Å². The molecule has 0 saturated carbocycles. The lowest BCUT2D eigenvalue weighted by Gasteiger charge is -2.38. The van der Waals surface area contributed by atoms with E-state index in [4.69, 9.17) is 4.74 Å². The fourth-order valence-corrected chi connectivity index (χ4v) is 3.60. The highest BCUT2D eigenvalue weighted by Crippen LogP contribution is 2.17. The van der Waals surface area contributed by atoms with Crippen LogP contribution in [-0.4, -0.2) is 89.0 Å². The summed E-state index contributed by atoms with van der Waals surface area (Å²) < 4.78 is 7.39. The molecule has 0 unspecified atom stereocenters. The lowest BCUT2D eigenvalue weighted by molar-refractivity contribution is 0.0829. The van der Waals surface area contributed by atoms with Gasteiger partial charge in [-0.1, -0.05) is 0 Å². The van der Waals surface area contributed by atoms with Crippen molar-refractivity contribution in [2.45, 2.75) is 12.1 Å². The predicted octanol–water partition coefficient (Wildman–Crippen LogP) is -0.287. The summed E-state index contributed by atoms with van der Waals surface area (Å²) in [4.78, 5) is 21.8. The van der Waals surface area contributed by atoms with Crippen molar-refractivity contribution in [3.63, 3.8) is 0 Å². The van der Waals surface area contributed by atoms with Crippen LogP contribution in [-0.2, 0) is 11.8 Å². The van der Waals surface area contributed by atoms with E-state index >= 15 is 0 Å². The van der Waals surface area contributed by atoms with Crippen LogP contribution in [0.3, 0.4) is 0 Å². The van der Waals surface area contributed by atoms with E-state index in [1.54, 1.807) is 17.1 Å². The Morgan fingerprint density at radius 3 is 2.80 bits per heavy atom. The molecule has 2 aliphatic rings. The molecule has 1 amide bonds. The monoisotopic (exact) mass is 344 g/mol. The number of carbonyl (C=O) groups excluding carboxylic acids is 1. The molecule has 25 heavy (non-hydrogen) atoms. The molecule has 1 N–H and O–H groups in total. The molecule has 2 fully saturated rings. The fourth-order valence-electron chi connectivity index (χ4n) is 3.60. The number of carbonyl (C=O) groups is 1. The number of piperazine rings is 1. The second-order valence-electron chi connectivity index (χ2n) is 6.92. The van der Waals surface area contributed by atoms with Crippen molar-refractivity contribution >= 4 is 16.9 Å². The number of pyridine rings is 1. The lowest BCUT2D eigenvalue weighted by atomic mass is 10.1. The maximum absolute atomic E-state index is 12.7. The van der Waals surface area contributed by atoms with E-state index in [0.29, 0.717) is 18.8 Å². The fraction of sp³-hybridized carbons (Fsp3) is 0.588. The van der Waals surface area contributed by atoms with Crippen LogP contribution < -0.4 is 5.32 Å². The zero-order valence-corrected chi connectivity index (χ0v) is 14.7. The average Bonchev–Trinajstić information content (AvgIpc) is 3.22. The minimum Gasteiger partial charge on any atom is -0.378 e. The van der Waals surface area contributed by atoms with E-state index in [1.165, 1.54) is 0 Å². The Morgan fingerprint density at radius 2 is 2.00 bits per heavy atom. The molecular formula is C17H24N6O2. The number of likely N-dealkylation sites (N-methyl/N-ethyl adjacent to an activating group) is 1. The first-order chi connectivity index (χ1) is 12.1. The van der Waals surface area contributed by atoms with Gasteiger partial charge in [-0.05, 0) is 13.1 Å². The number of hydrogen-bond donors (Lipinski definition) is 1. The number of aryl methyl sites for hydroxylation is 1. The number of hydrogen-bond acceptors (Lipinski definition) is 6. The molecule has 4 rings (SSSR count). The number of nitrogens with one attached hydrogen (secondary N) is 1. The molecule has 2 atom stereocenters. The summed E-state index contributed by atoms with van der Waals surface area (Å²) in [5.74, 6) is -0.106. The van der Waals surface area contributed by atoms with Gasteiger partial charge in [0, 0.05) is 39.4 Å². The van der Waals surface area contributed by atoms with Crippen molar-refractivity contribution in [1.29, 1.82) is 0 Å². The summed E-state index contributed by atoms with van der Waals surface area (Å²) in [5.41, 5.74) is 2.20. The zero-order chi connectivity index (χ0) is 17.4. The number of amides is 1. The van der Waals surface area contributed by atoms with Gasteiger partial charge in [-0.2, -0.15) is 5.10 Å². The third-order valence-electron chi connectivity index (χ3n) is 5.24. The minimum absolute atomic E-state index is 0.0122. The van der Waals surface area contributed by atoms with E-state index in [1.807, 2.05) is 13.1 Å². The molecule has 134 valence electrons. The molecule has 2 saturated heterocycles. The van der Waals surface area contributed by atoms with Crippen molar-refractivity contribution in [2.75, 3.05) is 46.4 Å². The summed E-state index contributed by atoms with van der Waals surface area (Å²) in [6.45, 7) is 5.37. The normalized spacial score (nSPS) is 25.5. The van der Waals surface area contributed by atoms with Gasteiger partial charge in [0.1, 0.15) is 5.52 Å². The Hall–Kier alpha value is -2.03. The third kappa shape index (κ3) is 3.24. The van der Waals surface area contributed by atoms with Gasteiger partial charge >= 0.3 is 0 Å². The lowest BCUT2D eigenvalue weighted by Crippen LogP contribution is -2.56. The summed E-state index contributed by atoms with van der Waals surface area (Å²) in [5, 5.41) is 7.31. The molecule has 0 spiro atoms. The summed E-state index contributed by atoms with van der Waals surface area (Å²) in [7, 11) is 3.99. The Kier molecular flexibility index (Phi) is 4.41. The van der Waals surface area contributed by atoms with Crippen molar-refractivity contribution in [2.24, 2.45) is 7.05 Å². The molecule has 8 heteroatoms. The second-order valence-corrected chi connectivity index (χ2v) is 6.92. The van der Waals surface area contributed by atoms with Gasteiger partial charge in [-0.3, -0.25) is 19.4 Å². The second kappa shape index (κ2) is 6.70. The number of aromatic nitrogens is 3. The number of rotatable bonds is 3. The highest BCUT2D eigenvalue weighted by atomic mass is 16.5. The Balaban J connectivity index is 1.46. The molecule has 0 aliphatic carbocycles. The maximum Gasteiger partial charge on any atom is 0.253 e. The summed E-state index contributed by atoms with van der Waals surface area (Å²) >= 11 is 0. The SMILES string of the molecule is CN1CCN([C@H]2COC[C@@H]2NC(=O)c2cnc3cnn(C)c3c2)CC1. The number of ether oxygens (including phenoxy) is 1. The third-order valence-corrected chi connectivity index (χ3v) is 5.24. The van der Waals surface area contributed by atoms with Crippen LogP contribution in [0.4, 0.5) is 0 Å². The Labute approximate surface area is 146 Å². The van der Waals surface area contributed by atoms with Crippen LogP contribution in [0.25, 0.3) is 11.0 Å². The molecule has 2 aromatic rings. The standard InChI is InChI=1S/C17H24N6O2/c1-21-3-5-23(6-4-21)16-11-25-10-14(16)20-17(24)12-7-15-13(18-8-12)9-19-22(15)2/h7-9,14,16H,3-6,10-11H2,1-2H3,(H,20,24)/t14-,16-/m0/s1. The summed E-state index contributed by atoms with van der Waals surface area (Å²) in [6, 6.07) is 2.09. The Morgan fingerprint density at radius 1 is 1.20 bits per heavy atom. The van der Waals surface area contributed by atoms with E-state index < -0.39 is 0 Å². The van der Waals surface area contributed by atoms with Gasteiger partial charge in [0.05, 0.1) is 42.6 Å². The van der Waals surface area contributed by atoms with Crippen molar-refractivity contribution in [3.8, 4) is 0 Å². The quantitative estimate of drug-likeness (QED) is 0.825. The van der Waals surface area contributed by atoms with Crippen LogP contribution in [0.5, 0.6) is 0 Å². The van der Waals surface area contributed by atoms with Crippen LogP contribution in [0.2, 0.25) is 0 Å². The van der Waals surface area contributed by atoms with E-state index in [2.05, 4.69) is 32.2 Å². The zero-order valence-electron chi connectivity index (χ0n) is 14.7. The first-order valence-electron chi connectivity index (χ1n) is 8.71. The number of nitrogens with zero attached hydrogens (tertiary/aromatic N) is 5. The molecule has 0 aromatic carbocycles. The largest absolute Gasteiger partial charge is 0.378 e. The van der Waals surface area contributed by atoms with Crippen LogP contribution in [0, 0.1) is 0 Å². The number of fused-ring (bicyclic) bond motifs is 1. The first kappa shape index (κ1) is 16.4. The highest BCUT2D eigenvalue weighted by Gasteiger charge is 2.35. The molecule has 4 heterocycles. The van der Waals surface area contributed by atoms with Crippen LogP contribution in [0.1, 0.15) is 10.4 Å². The van der Waals surface area contributed by atoms with Gasteiger partial charge in [0.15, 0.2) is 0 Å². The molecular weight excluding hydrogens is 320 g/mol. The van der Waals surface area contributed by atoms with Crippen molar-refractivity contribution in [3.05, 3.63) is 24.0 Å². The predicted molar refractivity (Wildman–Crippen MR) is 93.4 cm³/mol. The average molecular weight is 344 g/mol. The molecule has 2 aromatic heterocycles. The molecule has 2 aliphatic heterocycles. The van der Waals surface area contributed by atoms with Crippen molar-refractivity contribution in [1.82, 2.24) is 29.9 Å². The van der Waals surface area contributed by atoms with Gasteiger partial charge < -0.3 is 15.0 Å². The molecule has 0 bridgehead atoms. The smallest absolute Gasteiger partial charge is 0.253 e. The van der Waals surface area contributed by atoms with Gasteiger partial charge in [0.25, 0.3) is 5.91 Å². The van der Waals surface area contributed by atoms with Crippen molar-refractivity contribution < 1.29 is 9.53 Å². The topological polar surface area (TPSA) is 75.5 Å².